The number of hydrogen-bond acceptors (Lipinski definition) is 2. The van der Waals surface area contributed by atoms with Gasteiger partial charge in [0.05, 0.1) is 14.4 Å². The first kappa shape index (κ1) is 13.2. The van der Waals surface area contributed by atoms with Gasteiger partial charge in [-0.25, -0.2) is 0 Å². The van der Waals surface area contributed by atoms with Gasteiger partial charge in [0.1, 0.15) is 0 Å². The molecule has 0 aromatic rings. The smallest absolute Gasteiger partial charge is 0.214 e. The van der Waals surface area contributed by atoms with Gasteiger partial charge in [-0.15, -0.1) is 0 Å². The fourth-order valence-corrected chi connectivity index (χ4v) is 1.06. The van der Waals surface area contributed by atoms with Crippen molar-refractivity contribution in [2.24, 2.45) is 5.92 Å². The molecule has 0 heterocycles. The molecule has 0 spiro atoms. The number of hydrogen-bond donors (Lipinski definition) is 0. The summed E-state index contributed by atoms with van der Waals surface area (Å²) in [5, 5.41) is 0. The highest BCUT2D eigenvalue weighted by Gasteiger charge is 2.16. The molecule has 14 heavy (non-hydrogen) atoms. The predicted octanol–water partition coefficient (Wildman–Crippen LogP) is 1.04. The molecule has 2 radical (unpaired) electrons. The van der Waals surface area contributed by atoms with E-state index in [2.05, 4.69) is 0 Å². The van der Waals surface area contributed by atoms with Crippen molar-refractivity contribution in [1.29, 1.82) is 0 Å². The minimum absolute atomic E-state index is 0.0224. The lowest BCUT2D eigenvalue weighted by atomic mass is 10.0. The van der Waals surface area contributed by atoms with Crippen LogP contribution in [0, 0.1) is 5.92 Å². The molecule has 0 aliphatic heterocycles. The molecule has 0 saturated heterocycles. The average molecular weight is 195 g/mol. The van der Waals surface area contributed by atoms with E-state index < -0.39 is 0 Å². The van der Waals surface area contributed by atoms with E-state index in [4.69, 9.17) is 7.85 Å². The molecule has 78 valence electrons. The Bertz CT molecular complexity index is 202. The van der Waals surface area contributed by atoms with Crippen molar-refractivity contribution in [1.82, 2.24) is 4.90 Å². The van der Waals surface area contributed by atoms with E-state index in [1.54, 1.807) is 0 Å². The molecule has 3 nitrogen and oxygen atoms in total. The van der Waals surface area contributed by atoms with Gasteiger partial charge in [0.15, 0.2) is 5.78 Å². The van der Waals surface area contributed by atoms with Crippen molar-refractivity contribution in [3.63, 3.8) is 0 Å². The van der Waals surface area contributed by atoms with Gasteiger partial charge in [-0.05, 0) is 12.7 Å². The highest BCUT2D eigenvalue weighted by molar-refractivity contribution is 6.19. The van der Waals surface area contributed by atoms with Gasteiger partial charge in [-0.2, -0.15) is 0 Å². The topological polar surface area (TPSA) is 37.4 Å². The number of carbonyl (C=O) groups is 2. The van der Waals surface area contributed by atoms with Crippen LogP contribution in [0.5, 0.6) is 0 Å². The van der Waals surface area contributed by atoms with Gasteiger partial charge in [0.2, 0.25) is 5.91 Å². The summed E-state index contributed by atoms with van der Waals surface area (Å²) in [7, 11) is 5.25. The molecule has 0 N–H and O–H groups in total. The number of carbonyl (C=O) groups excluding carboxylic acids is 2. The fourth-order valence-electron chi connectivity index (χ4n) is 1.06. The van der Waals surface area contributed by atoms with E-state index in [1.807, 2.05) is 20.8 Å². The maximum atomic E-state index is 11.4. The van der Waals surface area contributed by atoms with Gasteiger partial charge in [0.25, 0.3) is 0 Å². The third-order valence-electron chi connectivity index (χ3n) is 2.01. The third kappa shape index (κ3) is 4.44. The first-order valence-electron chi connectivity index (χ1n) is 5.03. The predicted molar refractivity (Wildman–Crippen MR) is 57.3 cm³/mol. The number of amides is 1. The zero-order chi connectivity index (χ0) is 11.1. The molecule has 0 saturated carbocycles. The largest absolute Gasteiger partial charge is 0.336 e. The van der Waals surface area contributed by atoms with Gasteiger partial charge < -0.3 is 4.90 Å². The quantitative estimate of drug-likeness (QED) is 0.593. The lowest BCUT2D eigenvalue weighted by Crippen LogP contribution is -2.37. The van der Waals surface area contributed by atoms with Gasteiger partial charge >= 0.3 is 0 Å². The van der Waals surface area contributed by atoms with Gasteiger partial charge in [-0.1, -0.05) is 20.8 Å². The van der Waals surface area contributed by atoms with E-state index in [9.17, 15) is 9.59 Å². The molecule has 0 aromatic carbocycles. The first-order valence-corrected chi connectivity index (χ1v) is 5.03. The van der Waals surface area contributed by atoms with Crippen LogP contribution in [-0.2, 0) is 9.59 Å². The standard InChI is InChI=1S/C10H18BNO2/c1-4-5-12(10(14)6-11)7-9(13)8(2)3/h8H,4-7H2,1-3H3. The summed E-state index contributed by atoms with van der Waals surface area (Å²) in [6, 6.07) is 0. The van der Waals surface area contributed by atoms with Gasteiger partial charge in [-0.3, -0.25) is 9.59 Å². The highest BCUT2D eigenvalue weighted by Crippen LogP contribution is 2.01. The maximum absolute atomic E-state index is 11.4. The molecule has 0 aliphatic rings. The SMILES string of the molecule is [B]CC(=O)N(CCC)CC(=O)C(C)C. The second kappa shape index (κ2) is 6.63. The summed E-state index contributed by atoms with van der Waals surface area (Å²) >= 11 is 0. The Morgan fingerprint density at radius 1 is 1.36 bits per heavy atom. The minimum Gasteiger partial charge on any atom is -0.336 e. The lowest BCUT2D eigenvalue weighted by molar-refractivity contribution is -0.134. The number of Topliss-reactive ketones (excluding diaryl/α,β-unsaturated/α-hetero) is 1. The molecule has 1 amide bonds. The van der Waals surface area contributed by atoms with Crippen LogP contribution >= 0.6 is 0 Å². The van der Waals surface area contributed by atoms with Crippen molar-refractivity contribution >= 4 is 19.5 Å². The van der Waals surface area contributed by atoms with Crippen LogP contribution in [0.1, 0.15) is 27.2 Å². The number of nitrogens with zero attached hydrogens (tertiary/aromatic N) is 1. The Morgan fingerprint density at radius 2 is 1.93 bits per heavy atom. The van der Waals surface area contributed by atoms with Crippen molar-refractivity contribution in [3.8, 4) is 0 Å². The highest BCUT2D eigenvalue weighted by atomic mass is 16.2. The van der Waals surface area contributed by atoms with Crippen LogP contribution in [0.15, 0.2) is 0 Å². The number of rotatable bonds is 6. The average Bonchev–Trinajstić information content (AvgIpc) is 2.15. The van der Waals surface area contributed by atoms with Gasteiger partial charge in [0, 0.05) is 12.5 Å². The molecule has 0 aromatic heterocycles. The van der Waals surface area contributed by atoms with Crippen molar-refractivity contribution in [2.45, 2.75) is 33.5 Å². The van der Waals surface area contributed by atoms with E-state index >= 15 is 0 Å². The summed E-state index contributed by atoms with van der Waals surface area (Å²) in [4.78, 5) is 24.3. The Morgan fingerprint density at radius 3 is 2.29 bits per heavy atom. The summed E-state index contributed by atoms with van der Waals surface area (Å²) in [5.74, 6) is -0.0963. The molecule has 0 bridgehead atoms. The molecule has 0 fully saturated rings. The van der Waals surface area contributed by atoms with Crippen LogP contribution < -0.4 is 0 Å². The molecule has 0 rings (SSSR count). The Hall–Kier alpha value is -0.795. The summed E-state index contributed by atoms with van der Waals surface area (Å²) in [5.41, 5.74) is 0. The second-order valence-electron chi connectivity index (χ2n) is 3.64. The van der Waals surface area contributed by atoms with E-state index in [0.717, 1.165) is 6.42 Å². The van der Waals surface area contributed by atoms with Crippen molar-refractivity contribution in [3.05, 3.63) is 0 Å². The van der Waals surface area contributed by atoms with E-state index in [1.165, 1.54) is 4.90 Å². The monoisotopic (exact) mass is 195 g/mol. The Balaban J connectivity index is 4.22. The third-order valence-corrected chi connectivity index (χ3v) is 2.01. The summed E-state index contributed by atoms with van der Waals surface area (Å²) in [6.45, 7) is 6.44. The second-order valence-corrected chi connectivity index (χ2v) is 3.64. The molecular formula is C10H18BNO2. The van der Waals surface area contributed by atoms with Crippen LogP contribution in [0.4, 0.5) is 0 Å². The Labute approximate surface area is 87.3 Å². The molecule has 0 unspecified atom stereocenters. The molecule has 0 atom stereocenters. The van der Waals surface area contributed by atoms with Crippen molar-refractivity contribution in [2.75, 3.05) is 13.1 Å². The molecule has 0 aliphatic carbocycles. The maximum Gasteiger partial charge on any atom is 0.214 e. The van der Waals surface area contributed by atoms with E-state index in [-0.39, 0.29) is 30.5 Å². The van der Waals surface area contributed by atoms with Crippen molar-refractivity contribution < 1.29 is 9.59 Å². The summed E-state index contributed by atoms with van der Waals surface area (Å²) < 4.78 is 0. The van der Waals surface area contributed by atoms with E-state index in [0.29, 0.717) is 6.54 Å². The number of ketones is 1. The zero-order valence-corrected chi connectivity index (χ0v) is 9.25. The molecular weight excluding hydrogens is 177 g/mol. The Kier molecular flexibility index (Phi) is 6.25. The lowest BCUT2D eigenvalue weighted by Gasteiger charge is -2.21. The van der Waals surface area contributed by atoms with Crippen LogP contribution in [0.2, 0.25) is 6.32 Å². The minimum atomic E-state index is -0.152. The van der Waals surface area contributed by atoms with Crippen LogP contribution in [0.25, 0.3) is 0 Å². The normalized spacial score (nSPS) is 10.3. The zero-order valence-electron chi connectivity index (χ0n) is 9.25. The van der Waals surface area contributed by atoms with Crippen LogP contribution in [0.3, 0.4) is 0 Å². The fraction of sp³-hybridized carbons (Fsp3) is 0.800. The van der Waals surface area contributed by atoms with Crippen LogP contribution in [-0.4, -0.2) is 37.5 Å². The molecule has 4 heteroatoms. The summed E-state index contributed by atoms with van der Waals surface area (Å²) in [6.07, 6.45) is 0.822. The first-order chi connectivity index (χ1) is 6.52.